The normalized spacial score (nSPS) is 12.9. The maximum atomic E-state index is 4.99. The van der Waals surface area contributed by atoms with Crippen LogP contribution in [-0.2, 0) is 11.8 Å². The molecule has 4 nitrogen and oxygen atoms in total. The highest BCUT2D eigenvalue weighted by molar-refractivity contribution is 7.99. The topological polar surface area (TPSA) is 39.1 Å². The Hall–Kier alpha value is -0.520. The van der Waals surface area contributed by atoms with E-state index in [1.165, 1.54) is 0 Å². The first-order chi connectivity index (χ1) is 7.74. The van der Waals surface area contributed by atoms with Gasteiger partial charge in [-0.05, 0) is 13.0 Å². The number of aromatic nitrogens is 2. The molecule has 1 atom stereocenters. The second kappa shape index (κ2) is 7.70. The second-order valence-electron chi connectivity index (χ2n) is 3.80. The molecule has 0 aliphatic carbocycles. The van der Waals surface area contributed by atoms with Crippen molar-refractivity contribution < 1.29 is 4.74 Å². The highest BCUT2D eigenvalue weighted by atomic mass is 32.2. The average molecular weight is 243 g/mol. The Kier molecular flexibility index (Phi) is 6.52. The van der Waals surface area contributed by atoms with E-state index in [2.05, 4.69) is 17.2 Å². The molecule has 1 unspecified atom stereocenters. The van der Waals surface area contributed by atoms with Crippen LogP contribution in [-0.4, -0.2) is 41.6 Å². The summed E-state index contributed by atoms with van der Waals surface area (Å²) in [5.74, 6) is 0. The van der Waals surface area contributed by atoms with E-state index in [4.69, 9.17) is 4.74 Å². The molecule has 0 aromatic carbocycles. The number of hydrogen-bond donors (Lipinski definition) is 1. The summed E-state index contributed by atoms with van der Waals surface area (Å²) in [4.78, 5) is 4.29. The zero-order chi connectivity index (χ0) is 11.8. The van der Waals surface area contributed by atoms with Crippen LogP contribution in [0.3, 0.4) is 0 Å². The molecule has 0 amide bonds. The quantitative estimate of drug-likeness (QED) is 0.555. The van der Waals surface area contributed by atoms with Crippen molar-refractivity contribution in [3.8, 4) is 0 Å². The van der Waals surface area contributed by atoms with E-state index in [1.807, 2.05) is 24.0 Å². The maximum absolute atomic E-state index is 4.99. The van der Waals surface area contributed by atoms with Gasteiger partial charge in [0.2, 0.25) is 0 Å². The van der Waals surface area contributed by atoms with Gasteiger partial charge in [0.25, 0.3) is 0 Å². The number of methoxy groups -OCH3 is 1. The summed E-state index contributed by atoms with van der Waals surface area (Å²) in [6.07, 6.45) is 4.87. The van der Waals surface area contributed by atoms with E-state index in [-0.39, 0.29) is 0 Å². The van der Waals surface area contributed by atoms with Gasteiger partial charge in [-0.25, -0.2) is 4.98 Å². The van der Waals surface area contributed by atoms with Crippen molar-refractivity contribution in [2.75, 3.05) is 26.8 Å². The Morgan fingerprint density at radius 1 is 1.62 bits per heavy atom. The second-order valence-corrected chi connectivity index (χ2v) is 5.21. The van der Waals surface area contributed by atoms with Gasteiger partial charge in [-0.3, -0.25) is 0 Å². The van der Waals surface area contributed by atoms with E-state index in [0.717, 1.165) is 31.3 Å². The van der Waals surface area contributed by atoms with Crippen molar-refractivity contribution in [2.45, 2.75) is 23.8 Å². The summed E-state index contributed by atoms with van der Waals surface area (Å²) in [6, 6.07) is 0. The highest BCUT2D eigenvalue weighted by Gasteiger charge is 2.07. The molecule has 1 N–H and O–H groups in total. The van der Waals surface area contributed by atoms with Gasteiger partial charge in [0.05, 0.1) is 0 Å². The summed E-state index contributed by atoms with van der Waals surface area (Å²) < 4.78 is 7.04. The number of thioether (sulfide) groups is 1. The molecule has 1 aromatic heterocycles. The molecule has 0 radical (unpaired) electrons. The average Bonchev–Trinajstić information content (AvgIpc) is 2.64. The van der Waals surface area contributed by atoms with E-state index in [0.29, 0.717) is 5.25 Å². The molecule has 0 saturated carbocycles. The van der Waals surface area contributed by atoms with Crippen molar-refractivity contribution in [3.05, 3.63) is 12.4 Å². The van der Waals surface area contributed by atoms with Crippen LogP contribution >= 0.6 is 11.8 Å². The fourth-order valence-electron chi connectivity index (χ4n) is 1.33. The Bertz CT molecular complexity index is 291. The number of ether oxygens (including phenoxy) is 1. The van der Waals surface area contributed by atoms with Gasteiger partial charge >= 0.3 is 0 Å². The standard InChI is InChI=1S/C11H21N3OS/c1-10(9-12-5-4-8-15-3)16-11-13-6-7-14(11)2/h6-7,10,12H,4-5,8-9H2,1-3H3. The van der Waals surface area contributed by atoms with Crippen LogP contribution < -0.4 is 5.32 Å². The van der Waals surface area contributed by atoms with Gasteiger partial charge < -0.3 is 14.6 Å². The lowest BCUT2D eigenvalue weighted by Crippen LogP contribution is -2.24. The Morgan fingerprint density at radius 2 is 2.44 bits per heavy atom. The molecule has 1 heterocycles. The van der Waals surface area contributed by atoms with Gasteiger partial charge in [0.15, 0.2) is 5.16 Å². The lowest BCUT2D eigenvalue weighted by atomic mass is 10.4. The SMILES string of the molecule is COCCCNCC(C)Sc1nccn1C. The number of nitrogens with zero attached hydrogens (tertiary/aromatic N) is 2. The van der Waals surface area contributed by atoms with Gasteiger partial charge in [-0.15, -0.1) is 0 Å². The Balaban J connectivity index is 2.11. The van der Waals surface area contributed by atoms with Crippen LogP contribution in [0.4, 0.5) is 0 Å². The molecule has 16 heavy (non-hydrogen) atoms. The third kappa shape index (κ3) is 5.01. The van der Waals surface area contributed by atoms with Crippen LogP contribution in [0.5, 0.6) is 0 Å². The first-order valence-electron chi connectivity index (χ1n) is 5.57. The summed E-state index contributed by atoms with van der Waals surface area (Å²) in [7, 11) is 3.76. The van der Waals surface area contributed by atoms with Crippen molar-refractivity contribution in [1.29, 1.82) is 0 Å². The molecule has 92 valence electrons. The molecule has 0 aliphatic rings. The number of imidazole rings is 1. The van der Waals surface area contributed by atoms with E-state index in [9.17, 15) is 0 Å². The molecule has 1 rings (SSSR count). The van der Waals surface area contributed by atoms with Gasteiger partial charge in [0, 0.05) is 45.0 Å². The minimum absolute atomic E-state index is 0.531. The zero-order valence-corrected chi connectivity index (χ0v) is 11.1. The Labute approximate surface area is 102 Å². The lowest BCUT2D eigenvalue weighted by Gasteiger charge is -2.11. The van der Waals surface area contributed by atoms with Gasteiger partial charge in [0.1, 0.15) is 0 Å². The maximum Gasteiger partial charge on any atom is 0.167 e. The minimum Gasteiger partial charge on any atom is -0.385 e. The first kappa shape index (κ1) is 13.5. The predicted octanol–water partition coefficient (Wildman–Crippen LogP) is 1.53. The smallest absolute Gasteiger partial charge is 0.167 e. The minimum atomic E-state index is 0.531. The number of hydrogen-bond acceptors (Lipinski definition) is 4. The van der Waals surface area contributed by atoms with Gasteiger partial charge in [-0.2, -0.15) is 0 Å². The summed E-state index contributed by atoms with van der Waals surface area (Å²) in [5, 5.41) is 5.02. The molecule has 0 spiro atoms. The number of rotatable bonds is 8. The third-order valence-corrected chi connectivity index (χ3v) is 3.39. The molecule has 0 aliphatic heterocycles. The van der Waals surface area contributed by atoms with Crippen molar-refractivity contribution in [2.24, 2.45) is 7.05 Å². The lowest BCUT2D eigenvalue weighted by molar-refractivity contribution is 0.194. The van der Waals surface area contributed by atoms with E-state index in [1.54, 1.807) is 18.9 Å². The van der Waals surface area contributed by atoms with Crippen LogP contribution in [0.15, 0.2) is 17.6 Å². The van der Waals surface area contributed by atoms with Crippen molar-refractivity contribution in [1.82, 2.24) is 14.9 Å². The van der Waals surface area contributed by atoms with E-state index >= 15 is 0 Å². The summed E-state index contributed by atoms with van der Waals surface area (Å²) in [6.45, 7) is 5.05. The van der Waals surface area contributed by atoms with Crippen LogP contribution in [0.1, 0.15) is 13.3 Å². The molecule has 0 saturated heterocycles. The highest BCUT2D eigenvalue weighted by Crippen LogP contribution is 2.19. The van der Waals surface area contributed by atoms with Crippen molar-refractivity contribution >= 4 is 11.8 Å². The van der Waals surface area contributed by atoms with Crippen LogP contribution in [0, 0.1) is 0 Å². The van der Waals surface area contributed by atoms with E-state index < -0.39 is 0 Å². The zero-order valence-electron chi connectivity index (χ0n) is 10.3. The molecular formula is C11H21N3OS. The fraction of sp³-hybridized carbons (Fsp3) is 0.727. The monoisotopic (exact) mass is 243 g/mol. The summed E-state index contributed by atoms with van der Waals surface area (Å²) in [5.41, 5.74) is 0. The fourth-order valence-corrected chi connectivity index (χ4v) is 2.24. The molecule has 0 fully saturated rings. The molecule has 0 bridgehead atoms. The first-order valence-corrected chi connectivity index (χ1v) is 6.45. The largest absolute Gasteiger partial charge is 0.385 e. The van der Waals surface area contributed by atoms with Crippen molar-refractivity contribution in [3.63, 3.8) is 0 Å². The van der Waals surface area contributed by atoms with Crippen LogP contribution in [0.2, 0.25) is 0 Å². The molecule has 5 heteroatoms. The summed E-state index contributed by atoms with van der Waals surface area (Å²) >= 11 is 1.80. The third-order valence-electron chi connectivity index (χ3n) is 2.22. The van der Waals surface area contributed by atoms with Gasteiger partial charge in [-0.1, -0.05) is 18.7 Å². The van der Waals surface area contributed by atoms with Crippen LogP contribution in [0.25, 0.3) is 0 Å². The predicted molar refractivity (Wildman–Crippen MR) is 67.9 cm³/mol. The molecule has 1 aromatic rings. The Morgan fingerprint density at radius 3 is 3.06 bits per heavy atom. The number of nitrogens with one attached hydrogen (secondary N) is 1. The molecular weight excluding hydrogens is 222 g/mol. The number of aryl methyl sites for hydroxylation is 1.